The zero-order valence-electron chi connectivity index (χ0n) is 24.0. The van der Waals surface area contributed by atoms with Crippen LogP contribution in [-0.4, -0.2) is 75.7 Å². The molecule has 4 atom stereocenters. The summed E-state index contributed by atoms with van der Waals surface area (Å²) in [6.07, 6.45) is 5.74. The van der Waals surface area contributed by atoms with Crippen molar-refractivity contribution in [1.82, 2.24) is 14.7 Å². The molecule has 2 aliphatic heterocycles. The fourth-order valence-corrected chi connectivity index (χ4v) is 8.78. The van der Waals surface area contributed by atoms with Crippen LogP contribution in [0.1, 0.15) is 67.7 Å². The Morgan fingerprint density at radius 3 is 2.52 bits per heavy atom. The van der Waals surface area contributed by atoms with Gasteiger partial charge in [-0.1, -0.05) is 35.9 Å². The highest BCUT2D eigenvalue weighted by atomic mass is 16.5. The number of hydrogen-bond acceptors (Lipinski definition) is 5. The maximum absolute atomic E-state index is 14.5. The van der Waals surface area contributed by atoms with Crippen molar-refractivity contribution in [2.45, 2.75) is 87.9 Å². The van der Waals surface area contributed by atoms with Crippen LogP contribution in [0, 0.1) is 12.8 Å². The number of aryl methyl sites for hydroxylation is 1. The molecule has 2 aromatic rings. The number of fused-ring (bicyclic) bond motifs is 1. The third-order valence-corrected chi connectivity index (χ3v) is 11.0. The van der Waals surface area contributed by atoms with Gasteiger partial charge in [0.25, 0.3) is 5.91 Å². The van der Waals surface area contributed by atoms with E-state index in [0.717, 1.165) is 43.2 Å². The number of carbonyl (C=O) groups excluding carboxylic acids is 2. The van der Waals surface area contributed by atoms with Crippen molar-refractivity contribution >= 4 is 11.9 Å². The van der Waals surface area contributed by atoms with E-state index in [-0.39, 0.29) is 24.5 Å². The van der Waals surface area contributed by atoms with Gasteiger partial charge < -0.3 is 14.7 Å². The summed E-state index contributed by atoms with van der Waals surface area (Å²) in [5.41, 5.74) is 2.16. The zero-order valence-corrected chi connectivity index (χ0v) is 24.0. The summed E-state index contributed by atoms with van der Waals surface area (Å²) in [7, 11) is 1.63. The Hall–Kier alpha value is -2.90. The van der Waals surface area contributed by atoms with Crippen LogP contribution in [0.25, 0.3) is 0 Å². The average Bonchev–Trinajstić information content (AvgIpc) is 3.75. The minimum atomic E-state index is -0.938. The topological polar surface area (TPSA) is 73.3 Å². The van der Waals surface area contributed by atoms with Crippen molar-refractivity contribution in [2.24, 2.45) is 5.92 Å². The molecule has 2 aromatic carbocycles. The summed E-state index contributed by atoms with van der Waals surface area (Å²) >= 11 is 0. The number of amides is 3. The van der Waals surface area contributed by atoms with Gasteiger partial charge >= 0.3 is 6.03 Å². The van der Waals surface area contributed by atoms with Gasteiger partial charge in [-0.05, 0) is 100 Å². The van der Waals surface area contributed by atoms with Crippen molar-refractivity contribution in [3.05, 3.63) is 64.7 Å². The number of likely N-dealkylation sites (N-methyl/N-ethyl adjacent to an activating group) is 1. The highest BCUT2D eigenvalue weighted by molar-refractivity contribution is 6.07. The van der Waals surface area contributed by atoms with Gasteiger partial charge in [0.15, 0.2) is 0 Å². The highest BCUT2D eigenvalue weighted by Gasteiger charge is 2.71. The third kappa shape index (κ3) is 3.56. The van der Waals surface area contributed by atoms with Crippen LogP contribution in [-0.2, 0) is 23.2 Å². The SMILES string of the molecule is CCN1C(=O)N(Cc2ccc(OC)cc2)C(=O)[C@@]12CC[C@@]1(O)[C@H]3Cc4ccc(C)cc4[C@@]1(CCN3CC1CC1)C2. The van der Waals surface area contributed by atoms with E-state index < -0.39 is 16.6 Å². The summed E-state index contributed by atoms with van der Waals surface area (Å²) < 4.78 is 5.29. The standard InChI is InChI=1S/C33H41N3O4/c1-4-36-30(38)35(20-24-8-11-26(40-3)12-9-24)29(37)32(36)13-14-33(39)28-18-25-10-5-22(2)17-27(25)31(33,21-32)15-16-34(28)19-23-6-7-23/h5,8-12,17,23,28,39H,4,6-7,13-16,18-21H2,1-3H3/t28-,31-,32+,33-/m1/s1. The van der Waals surface area contributed by atoms with E-state index in [1.165, 1.54) is 34.4 Å². The van der Waals surface area contributed by atoms with E-state index in [4.69, 9.17) is 4.74 Å². The molecule has 4 fully saturated rings. The van der Waals surface area contributed by atoms with Crippen LogP contribution in [0.3, 0.4) is 0 Å². The number of likely N-dealkylation sites (tertiary alicyclic amines) is 1. The zero-order chi connectivity index (χ0) is 27.9. The van der Waals surface area contributed by atoms with Crippen LogP contribution >= 0.6 is 0 Å². The molecule has 5 aliphatic rings. The van der Waals surface area contributed by atoms with Crippen molar-refractivity contribution in [1.29, 1.82) is 0 Å². The Labute approximate surface area is 237 Å². The molecule has 3 amide bonds. The van der Waals surface area contributed by atoms with Gasteiger partial charge in [0.1, 0.15) is 11.3 Å². The van der Waals surface area contributed by atoms with E-state index >= 15 is 0 Å². The first kappa shape index (κ1) is 26.0. The van der Waals surface area contributed by atoms with Crippen LogP contribution in [0.5, 0.6) is 5.75 Å². The molecule has 7 rings (SSSR count). The summed E-state index contributed by atoms with van der Waals surface area (Å²) in [6, 6.07) is 14.1. The van der Waals surface area contributed by atoms with Gasteiger partial charge in [-0.3, -0.25) is 14.6 Å². The van der Waals surface area contributed by atoms with E-state index in [1.807, 2.05) is 36.1 Å². The predicted molar refractivity (Wildman–Crippen MR) is 152 cm³/mol. The summed E-state index contributed by atoms with van der Waals surface area (Å²) in [5, 5.41) is 12.8. The number of benzene rings is 2. The molecular weight excluding hydrogens is 502 g/mol. The van der Waals surface area contributed by atoms with Crippen LogP contribution < -0.4 is 4.74 Å². The van der Waals surface area contributed by atoms with Gasteiger partial charge in [0.05, 0.1) is 19.3 Å². The molecule has 7 heteroatoms. The van der Waals surface area contributed by atoms with Gasteiger partial charge in [0, 0.05) is 24.5 Å². The lowest BCUT2D eigenvalue weighted by molar-refractivity contribution is -0.188. The van der Waals surface area contributed by atoms with Gasteiger partial charge in [-0.25, -0.2) is 4.79 Å². The second-order valence-electron chi connectivity index (χ2n) is 13.0. The number of ether oxygens (including phenoxy) is 1. The van der Waals surface area contributed by atoms with E-state index in [9.17, 15) is 14.7 Å². The normalized spacial score (nSPS) is 33.4. The van der Waals surface area contributed by atoms with Gasteiger partial charge in [-0.15, -0.1) is 0 Å². The summed E-state index contributed by atoms with van der Waals surface area (Å²) in [6.45, 7) is 6.78. The van der Waals surface area contributed by atoms with E-state index in [2.05, 4.69) is 30.0 Å². The minimum absolute atomic E-state index is 0.0482. The second-order valence-corrected chi connectivity index (χ2v) is 13.0. The molecule has 2 saturated heterocycles. The van der Waals surface area contributed by atoms with Gasteiger partial charge in [0.2, 0.25) is 0 Å². The molecule has 7 nitrogen and oxygen atoms in total. The average molecular weight is 544 g/mol. The number of carbonyl (C=O) groups is 2. The molecule has 1 spiro atoms. The Kier molecular flexibility index (Phi) is 5.89. The lowest BCUT2D eigenvalue weighted by atomic mass is 9.46. The maximum Gasteiger partial charge on any atom is 0.327 e. The van der Waals surface area contributed by atoms with Gasteiger partial charge in [-0.2, -0.15) is 0 Å². The number of rotatable bonds is 6. The molecule has 2 saturated carbocycles. The van der Waals surface area contributed by atoms with E-state index in [0.29, 0.717) is 25.8 Å². The first-order chi connectivity index (χ1) is 19.2. The maximum atomic E-state index is 14.5. The minimum Gasteiger partial charge on any atom is -0.497 e. The Morgan fingerprint density at radius 1 is 1.05 bits per heavy atom. The fourth-order valence-electron chi connectivity index (χ4n) is 8.78. The molecule has 3 aliphatic carbocycles. The molecule has 0 unspecified atom stereocenters. The Bertz CT molecular complexity index is 1360. The van der Waals surface area contributed by atoms with E-state index in [1.54, 1.807) is 7.11 Å². The first-order valence-electron chi connectivity index (χ1n) is 15.1. The van der Waals surface area contributed by atoms with Crippen LogP contribution in [0.2, 0.25) is 0 Å². The van der Waals surface area contributed by atoms with Crippen molar-refractivity contribution in [3.63, 3.8) is 0 Å². The van der Waals surface area contributed by atoms with Crippen molar-refractivity contribution in [2.75, 3.05) is 26.7 Å². The molecule has 0 radical (unpaired) electrons. The first-order valence-corrected chi connectivity index (χ1v) is 15.1. The number of urea groups is 1. The summed E-state index contributed by atoms with van der Waals surface area (Å²) in [4.78, 5) is 34.2. The number of methoxy groups -OCH3 is 1. The molecule has 1 N–H and O–H groups in total. The largest absolute Gasteiger partial charge is 0.497 e. The number of imide groups is 1. The number of aliphatic hydroxyl groups is 1. The third-order valence-electron chi connectivity index (χ3n) is 11.0. The van der Waals surface area contributed by atoms with Crippen LogP contribution in [0.15, 0.2) is 42.5 Å². The smallest absolute Gasteiger partial charge is 0.327 e. The monoisotopic (exact) mass is 543 g/mol. The highest BCUT2D eigenvalue weighted by Crippen LogP contribution is 2.62. The molecular formula is C33H41N3O4. The number of hydrogen-bond donors (Lipinski definition) is 1. The lowest BCUT2D eigenvalue weighted by Crippen LogP contribution is -2.76. The lowest BCUT2D eigenvalue weighted by Gasteiger charge is -2.66. The number of piperidine rings is 1. The Morgan fingerprint density at radius 2 is 1.82 bits per heavy atom. The molecule has 40 heavy (non-hydrogen) atoms. The van der Waals surface area contributed by atoms with Crippen molar-refractivity contribution in [3.8, 4) is 5.75 Å². The number of nitrogens with zero attached hydrogens (tertiary/aromatic N) is 3. The fraction of sp³-hybridized carbons (Fsp3) is 0.576. The molecule has 2 heterocycles. The van der Waals surface area contributed by atoms with Crippen molar-refractivity contribution < 1.29 is 19.4 Å². The molecule has 212 valence electrons. The molecule has 0 aromatic heterocycles. The quantitative estimate of drug-likeness (QED) is 0.546. The summed E-state index contributed by atoms with van der Waals surface area (Å²) in [5.74, 6) is 1.39. The molecule has 2 bridgehead atoms. The second kappa shape index (κ2) is 9.05. The van der Waals surface area contributed by atoms with Crippen LogP contribution in [0.4, 0.5) is 4.79 Å². The Balaban J connectivity index is 1.29. The predicted octanol–water partition coefficient (Wildman–Crippen LogP) is 4.42.